The maximum atomic E-state index is 13.0. The van der Waals surface area contributed by atoms with E-state index in [0.717, 1.165) is 44.1 Å². The average molecular weight is 269 g/mol. The highest BCUT2D eigenvalue weighted by molar-refractivity contribution is 5.89. The van der Waals surface area contributed by atoms with Crippen molar-refractivity contribution in [1.29, 1.82) is 0 Å². The summed E-state index contributed by atoms with van der Waals surface area (Å²) in [4.78, 5) is 13.9. The fourth-order valence-electron chi connectivity index (χ4n) is 2.13. The number of halogens is 2. The summed E-state index contributed by atoms with van der Waals surface area (Å²) in [5.74, 6) is -1.43. The Bertz CT molecular complexity index is 439. The number of anilines is 1. The van der Waals surface area contributed by atoms with Gasteiger partial charge in [0.15, 0.2) is 0 Å². The van der Waals surface area contributed by atoms with E-state index in [4.69, 9.17) is 0 Å². The van der Waals surface area contributed by atoms with Crippen LogP contribution >= 0.6 is 0 Å². The Morgan fingerprint density at radius 1 is 1.21 bits per heavy atom. The second-order valence-electron chi connectivity index (χ2n) is 4.83. The van der Waals surface area contributed by atoms with Gasteiger partial charge in [-0.05, 0) is 45.1 Å². The quantitative estimate of drug-likeness (QED) is 0.864. The molecule has 2 rings (SSSR count). The first kappa shape index (κ1) is 13.7. The van der Waals surface area contributed by atoms with Crippen molar-refractivity contribution in [3.8, 4) is 0 Å². The number of urea groups is 1. The van der Waals surface area contributed by atoms with Gasteiger partial charge < -0.3 is 15.5 Å². The molecule has 0 spiro atoms. The fraction of sp³-hybridized carbons (Fsp3) is 0.462. The van der Waals surface area contributed by atoms with Crippen LogP contribution in [0.2, 0.25) is 0 Å². The van der Waals surface area contributed by atoms with Gasteiger partial charge in [-0.3, -0.25) is 0 Å². The molecule has 1 fully saturated rings. The van der Waals surface area contributed by atoms with Gasteiger partial charge in [-0.25, -0.2) is 13.6 Å². The minimum absolute atomic E-state index is 0.106. The van der Waals surface area contributed by atoms with Crippen molar-refractivity contribution < 1.29 is 13.6 Å². The maximum absolute atomic E-state index is 13.0. The molecule has 19 heavy (non-hydrogen) atoms. The standard InChI is InChI=1S/C13H17F2N3O/c1-18-4-2-11(3-5-18)16-13(19)17-12-7-9(14)6-10(15)8-12/h6-8,11H,2-5H2,1H3,(H2,16,17,19). The second kappa shape index (κ2) is 5.97. The van der Waals surface area contributed by atoms with Gasteiger partial charge in [0.25, 0.3) is 0 Å². The SMILES string of the molecule is CN1CCC(NC(=O)Nc2cc(F)cc(F)c2)CC1. The molecule has 0 bridgehead atoms. The van der Waals surface area contributed by atoms with Gasteiger partial charge in [0.1, 0.15) is 11.6 Å². The number of hydrogen-bond acceptors (Lipinski definition) is 2. The number of amides is 2. The Balaban J connectivity index is 1.87. The molecule has 0 aliphatic carbocycles. The molecule has 1 aliphatic rings. The first-order chi connectivity index (χ1) is 9.02. The topological polar surface area (TPSA) is 44.4 Å². The Morgan fingerprint density at radius 3 is 2.37 bits per heavy atom. The van der Waals surface area contributed by atoms with E-state index in [1.165, 1.54) is 0 Å². The summed E-state index contributed by atoms with van der Waals surface area (Å²) in [6.07, 6.45) is 1.75. The van der Waals surface area contributed by atoms with Crippen molar-refractivity contribution in [3.05, 3.63) is 29.8 Å². The zero-order valence-electron chi connectivity index (χ0n) is 10.7. The largest absolute Gasteiger partial charge is 0.335 e. The van der Waals surface area contributed by atoms with Gasteiger partial charge in [0, 0.05) is 17.8 Å². The minimum atomic E-state index is -0.713. The normalized spacial score (nSPS) is 17.2. The van der Waals surface area contributed by atoms with E-state index in [-0.39, 0.29) is 11.7 Å². The third-order valence-corrected chi connectivity index (χ3v) is 3.17. The summed E-state index contributed by atoms with van der Waals surface area (Å²) in [5.41, 5.74) is 0.114. The zero-order valence-corrected chi connectivity index (χ0v) is 10.7. The molecule has 1 aliphatic heterocycles. The fourth-order valence-corrected chi connectivity index (χ4v) is 2.13. The number of carbonyl (C=O) groups excluding carboxylic acids is 1. The first-order valence-electron chi connectivity index (χ1n) is 6.25. The molecule has 1 aromatic carbocycles. The summed E-state index contributed by atoms with van der Waals surface area (Å²) >= 11 is 0. The lowest BCUT2D eigenvalue weighted by Gasteiger charge is -2.29. The Hall–Kier alpha value is -1.69. The number of carbonyl (C=O) groups is 1. The molecule has 0 saturated carbocycles. The monoisotopic (exact) mass is 269 g/mol. The molecule has 2 amide bonds. The zero-order chi connectivity index (χ0) is 13.8. The van der Waals surface area contributed by atoms with Gasteiger partial charge in [0.05, 0.1) is 0 Å². The molecule has 1 aromatic rings. The number of piperidine rings is 1. The van der Waals surface area contributed by atoms with Crippen LogP contribution in [0.1, 0.15) is 12.8 Å². The maximum Gasteiger partial charge on any atom is 0.319 e. The van der Waals surface area contributed by atoms with Crippen LogP contribution in [-0.2, 0) is 0 Å². The lowest BCUT2D eigenvalue weighted by Crippen LogP contribution is -2.44. The summed E-state index contributed by atoms with van der Waals surface area (Å²) < 4.78 is 25.9. The number of nitrogens with one attached hydrogen (secondary N) is 2. The van der Waals surface area contributed by atoms with Crippen LogP contribution < -0.4 is 10.6 Å². The molecular weight excluding hydrogens is 252 g/mol. The van der Waals surface area contributed by atoms with Crippen LogP contribution in [0.15, 0.2) is 18.2 Å². The van der Waals surface area contributed by atoms with Crippen LogP contribution in [0.4, 0.5) is 19.3 Å². The molecular formula is C13H17F2N3O. The van der Waals surface area contributed by atoms with Gasteiger partial charge in [-0.2, -0.15) is 0 Å². The number of rotatable bonds is 2. The summed E-state index contributed by atoms with van der Waals surface area (Å²) in [6.45, 7) is 1.86. The van der Waals surface area contributed by atoms with Gasteiger partial charge in [-0.1, -0.05) is 0 Å². The van der Waals surface area contributed by atoms with E-state index in [1.807, 2.05) is 7.05 Å². The Labute approximate surface area is 110 Å². The Kier molecular flexibility index (Phi) is 4.31. The molecule has 0 aromatic heterocycles. The van der Waals surface area contributed by atoms with Crippen molar-refractivity contribution in [2.45, 2.75) is 18.9 Å². The molecule has 1 heterocycles. The van der Waals surface area contributed by atoms with Gasteiger partial charge in [-0.15, -0.1) is 0 Å². The summed E-state index contributed by atoms with van der Waals surface area (Å²) in [6, 6.07) is 2.60. The van der Waals surface area contributed by atoms with Crippen LogP contribution in [0.3, 0.4) is 0 Å². The highest BCUT2D eigenvalue weighted by atomic mass is 19.1. The molecule has 4 nitrogen and oxygen atoms in total. The van der Waals surface area contributed by atoms with Crippen molar-refractivity contribution in [2.24, 2.45) is 0 Å². The molecule has 0 unspecified atom stereocenters. The minimum Gasteiger partial charge on any atom is -0.335 e. The second-order valence-corrected chi connectivity index (χ2v) is 4.83. The number of likely N-dealkylation sites (tertiary alicyclic amines) is 1. The smallest absolute Gasteiger partial charge is 0.319 e. The van der Waals surface area contributed by atoms with E-state index in [2.05, 4.69) is 15.5 Å². The predicted molar refractivity (Wildman–Crippen MR) is 69.0 cm³/mol. The van der Waals surface area contributed by atoms with Crippen LogP contribution in [-0.4, -0.2) is 37.1 Å². The van der Waals surface area contributed by atoms with Crippen molar-refractivity contribution in [2.75, 3.05) is 25.5 Å². The van der Waals surface area contributed by atoms with Gasteiger partial charge in [0.2, 0.25) is 0 Å². The highest BCUT2D eigenvalue weighted by Gasteiger charge is 2.18. The van der Waals surface area contributed by atoms with E-state index in [9.17, 15) is 13.6 Å². The van der Waals surface area contributed by atoms with E-state index in [1.54, 1.807) is 0 Å². The van der Waals surface area contributed by atoms with Crippen molar-refractivity contribution >= 4 is 11.7 Å². The van der Waals surface area contributed by atoms with Crippen molar-refractivity contribution in [1.82, 2.24) is 10.2 Å². The third kappa shape index (κ3) is 4.17. The first-order valence-corrected chi connectivity index (χ1v) is 6.25. The Morgan fingerprint density at radius 2 is 1.79 bits per heavy atom. The number of benzene rings is 1. The molecule has 0 atom stereocenters. The van der Waals surface area contributed by atoms with Crippen LogP contribution in [0, 0.1) is 11.6 Å². The number of hydrogen-bond donors (Lipinski definition) is 2. The van der Waals surface area contributed by atoms with Crippen LogP contribution in [0.5, 0.6) is 0 Å². The third-order valence-electron chi connectivity index (χ3n) is 3.17. The lowest BCUT2D eigenvalue weighted by atomic mass is 10.1. The van der Waals surface area contributed by atoms with Crippen molar-refractivity contribution in [3.63, 3.8) is 0 Å². The molecule has 104 valence electrons. The summed E-state index contributed by atoms with van der Waals surface area (Å²) in [5, 5.41) is 5.24. The number of nitrogens with zero attached hydrogens (tertiary/aromatic N) is 1. The molecule has 2 N–H and O–H groups in total. The highest BCUT2D eigenvalue weighted by Crippen LogP contribution is 2.13. The predicted octanol–water partition coefficient (Wildman–Crippen LogP) is 2.18. The average Bonchev–Trinajstić information content (AvgIpc) is 2.30. The van der Waals surface area contributed by atoms with Crippen LogP contribution in [0.25, 0.3) is 0 Å². The van der Waals surface area contributed by atoms with E-state index in [0.29, 0.717) is 0 Å². The molecule has 0 radical (unpaired) electrons. The van der Waals surface area contributed by atoms with E-state index < -0.39 is 17.7 Å². The van der Waals surface area contributed by atoms with Gasteiger partial charge >= 0.3 is 6.03 Å². The van der Waals surface area contributed by atoms with E-state index >= 15 is 0 Å². The molecule has 1 saturated heterocycles. The summed E-state index contributed by atoms with van der Waals surface area (Å²) in [7, 11) is 2.03. The molecule has 6 heteroatoms. The lowest BCUT2D eigenvalue weighted by molar-refractivity contribution is 0.221.